The summed E-state index contributed by atoms with van der Waals surface area (Å²) < 4.78 is 3.09. The molecular formula is C19H18N2O2S. The molecule has 0 radical (unpaired) electrons. The van der Waals surface area contributed by atoms with E-state index in [0.29, 0.717) is 15.9 Å². The second-order valence-electron chi connectivity index (χ2n) is 5.92. The molecule has 0 fully saturated rings. The van der Waals surface area contributed by atoms with Gasteiger partial charge in [-0.1, -0.05) is 29.5 Å². The van der Waals surface area contributed by atoms with Crippen LogP contribution in [0.15, 0.2) is 41.4 Å². The minimum Gasteiger partial charge on any atom is -0.319 e. The average molecular weight is 338 g/mol. The summed E-state index contributed by atoms with van der Waals surface area (Å²) in [6.45, 7) is 5.63. The minimum absolute atomic E-state index is 0.0207. The number of aromatic nitrogens is 1. The van der Waals surface area contributed by atoms with Gasteiger partial charge in [0.2, 0.25) is 0 Å². The van der Waals surface area contributed by atoms with E-state index in [9.17, 15) is 9.59 Å². The maximum absolute atomic E-state index is 12.4. The lowest BCUT2D eigenvalue weighted by Gasteiger charge is -2.00. The van der Waals surface area contributed by atoms with E-state index in [0.717, 1.165) is 10.2 Å². The van der Waals surface area contributed by atoms with E-state index < -0.39 is 0 Å². The highest BCUT2D eigenvalue weighted by Gasteiger charge is 2.10. The molecule has 0 atom stereocenters. The van der Waals surface area contributed by atoms with Gasteiger partial charge < -0.3 is 4.57 Å². The van der Waals surface area contributed by atoms with E-state index >= 15 is 0 Å². The molecule has 0 N–H and O–H groups in total. The maximum Gasteiger partial charge on any atom is 0.279 e. The largest absolute Gasteiger partial charge is 0.319 e. The van der Waals surface area contributed by atoms with E-state index in [1.54, 1.807) is 24.3 Å². The fourth-order valence-corrected chi connectivity index (χ4v) is 3.74. The van der Waals surface area contributed by atoms with Gasteiger partial charge in [0.1, 0.15) is 0 Å². The molecule has 1 heterocycles. The molecule has 3 rings (SSSR count). The second-order valence-corrected chi connectivity index (χ2v) is 6.90. The van der Waals surface area contributed by atoms with Crippen LogP contribution in [0.3, 0.4) is 0 Å². The van der Waals surface area contributed by atoms with Crippen molar-refractivity contribution in [2.24, 2.45) is 12.0 Å². The number of fused-ring (bicyclic) bond motifs is 1. The molecule has 24 heavy (non-hydrogen) atoms. The molecule has 1 aromatic heterocycles. The number of carbonyl (C=O) groups excluding carboxylic acids is 2. The molecule has 0 aliphatic heterocycles. The zero-order chi connectivity index (χ0) is 17.4. The van der Waals surface area contributed by atoms with Gasteiger partial charge in [0.05, 0.1) is 10.2 Å². The molecule has 0 spiro atoms. The smallest absolute Gasteiger partial charge is 0.279 e. The summed E-state index contributed by atoms with van der Waals surface area (Å²) in [5, 5.41) is 0. The fraction of sp³-hybridized carbons (Fsp3) is 0.211. The number of thiazole rings is 1. The molecule has 4 nitrogen and oxygen atoms in total. The number of nitrogens with zero attached hydrogens (tertiary/aromatic N) is 2. The van der Waals surface area contributed by atoms with Crippen molar-refractivity contribution in [2.45, 2.75) is 20.8 Å². The Morgan fingerprint density at radius 1 is 1.04 bits per heavy atom. The molecular weight excluding hydrogens is 320 g/mol. The van der Waals surface area contributed by atoms with Crippen LogP contribution in [-0.2, 0) is 7.05 Å². The van der Waals surface area contributed by atoms with E-state index in [1.807, 2.05) is 11.6 Å². The Kier molecular flexibility index (Phi) is 4.20. The number of aryl methyl sites for hydroxylation is 3. The quantitative estimate of drug-likeness (QED) is 0.667. The Balaban J connectivity index is 2.06. The highest BCUT2D eigenvalue weighted by Crippen LogP contribution is 2.22. The number of hydrogen-bond donors (Lipinski definition) is 0. The number of hydrogen-bond acceptors (Lipinski definition) is 3. The van der Waals surface area contributed by atoms with Crippen LogP contribution in [0.25, 0.3) is 10.2 Å². The Morgan fingerprint density at radius 3 is 2.29 bits per heavy atom. The van der Waals surface area contributed by atoms with Crippen LogP contribution in [0.2, 0.25) is 0 Å². The first-order valence-electron chi connectivity index (χ1n) is 7.63. The van der Waals surface area contributed by atoms with Crippen LogP contribution < -0.4 is 4.80 Å². The monoisotopic (exact) mass is 338 g/mol. The van der Waals surface area contributed by atoms with Gasteiger partial charge in [0, 0.05) is 18.2 Å². The summed E-state index contributed by atoms with van der Waals surface area (Å²) in [5.41, 5.74) is 4.52. The Bertz CT molecular complexity index is 1020. The predicted molar refractivity (Wildman–Crippen MR) is 96.6 cm³/mol. The molecule has 0 saturated carbocycles. The molecule has 2 aromatic carbocycles. The standard InChI is InChI=1S/C19H18N2O2S/c1-11-9-12(2)17-16(10-11)21(4)19(24-17)20-18(23)15-7-5-14(6-8-15)13(3)22/h5-10H,1-4H3. The zero-order valence-electron chi connectivity index (χ0n) is 14.1. The van der Waals surface area contributed by atoms with Gasteiger partial charge in [0.25, 0.3) is 5.91 Å². The Hall–Kier alpha value is -2.53. The first-order valence-corrected chi connectivity index (χ1v) is 8.45. The van der Waals surface area contributed by atoms with Crippen LogP contribution >= 0.6 is 11.3 Å². The van der Waals surface area contributed by atoms with Gasteiger partial charge in [0.15, 0.2) is 10.6 Å². The SMILES string of the molecule is CC(=O)c1ccc(C(=O)N=c2sc3c(C)cc(C)cc3n2C)cc1. The van der Waals surface area contributed by atoms with E-state index in [-0.39, 0.29) is 11.7 Å². The summed E-state index contributed by atoms with van der Waals surface area (Å²) in [7, 11) is 1.92. The maximum atomic E-state index is 12.4. The molecule has 1 amide bonds. The molecule has 5 heteroatoms. The number of amides is 1. The number of carbonyl (C=O) groups is 2. The molecule has 0 bridgehead atoms. The lowest BCUT2D eigenvalue weighted by Crippen LogP contribution is -2.13. The van der Waals surface area contributed by atoms with Crippen molar-refractivity contribution in [1.82, 2.24) is 4.57 Å². The summed E-state index contributed by atoms with van der Waals surface area (Å²) in [6.07, 6.45) is 0. The van der Waals surface area contributed by atoms with Gasteiger partial charge in [-0.25, -0.2) is 0 Å². The van der Waals surface area contributed by atoms with Crippen LogP contribution in [0.5, 0.6) is 0 Å². The first-order chi connectivity index (χ1) is 11.4. The highest BCUT2D eigenvalue weighted by molar-refractivity contribution is 7.16. The lowest BCUT2D eigenvalue weighted by atomic mass is 10.1. The van der Waals surface area contributed by atoms with Crippen molar-refractivity contribution in [3.63, 3.8) is 0 Å². The van der Waals surface area contributed by atoms with Gasteiger partial charge in [-0.15, -0.1) is 0 Å². The van der Waals surface area contributed by atoms with Crippen molar-refractivity contribution < 1.29 is 9.59 Å². The van der Waals surface area contributed by atoms with Crippen LogP contribution in [-0.4, -0.2) is 16.3 Å². The van der Waals surface area contributed by atoms with Crippen LogP contribution in [0.1, 0.15) is 38.8 Å². The van der Waals surface area contributed by atoms with Gasteiger partial charge in [-0.3, -0.25) is 9.59 Å². The van der Waals surface area contributed by atoms with Crippen molar-refractivity contribution in [1.29, 1.82) is 0 Å². The second kappa shape index (κ2) is 6.17. The molecule has 0 unspecified atom stereocenters. The summed E-state index contributed by atoms with van der Waals surface area (Å²) in [4.78, 5) is 28.7. The number of benzene rings is 2. The number of Topliss-reactive ketones (excluding diaryl/α,β-unsaturated/α-hetero) is 1. The Labute approximate surface area is 144 Å². The zero-order valence-corrected chi connectivity index (χ0v) is 14.9. The Morgan fingerprint density at radius 2 is 1.67 bits per heavy atom. The third-order valence-electron chi connectivity index (χ3n) is 3.98. The number of ketones is 1. The fourth-order valence-electron chi connectivity index (χ4n) is 2.67. The highest BCUT2D eigenvalue weighted by atomic mass is 32.1. The normalized spacial score (nSPS) is 11.9. The van der Waals surface area contributed by atoms with Gasteiger partial charge >= 0.3 is 0 Å². The third kappa shape index (κ3) is 2.95. The first kappa shape index (κ1) is 16.3. The van der Waals surface area contributed by atoms with Crippen LogP contribution in [0.4, 0.5) is 0 Å². The van der Waals surface area contributed by atoms with E-state index in [1.165, 1.54) is 29.4 Å². The van der Waals surface area contributed by atoms with Crippen molar-refractivity contribution in [3.8, 4) is 0 Å². The van der Waals surface area contributed by atoms with Crippen molar-refractivity contribution >= 4 is 33.2 Å². The lowest BCUT2D eigenvalue weighted by molar-refractivity contribution is 0.0991. The number of rotatable bonds is 2. The summed E-state index contributed by atoms with van der Waals surface area (Å²) in [5.74, 6) is -0.325. The van der Waals surface area contributed by atoms with Gasteiger partial charge in [-0.05, 0) is 50.1 Å². The molecule has 0 aliphatic rings. The summed E-state index contributed by atoms with van der Waals surface area (Å²) in [6, 6.07) is 10.8. The predicted octanol–water partition coefficient (Wildman–Crippen LogP) is 3.80. The third-order valence-corrected chi connectivity index (χ3v) is 5.26. The van der Waals surface area contributed by atoms with Crippen LogP contribution in [0, 0.1) is 13.8 Å². The van der Waals surface area contributed by atoms with Crippen molar-refractivity contribution in [3.05, 3.63) is 63.5 Å². The van der Waals surface area contributed by atoms with Gasteiger partial charge in [-0.2, -0.15) is 4.99 Å². The topological polar surface area (TPSA) is 51.4 Å². The average Bonchev–Trinajstić information content (AvgIpc) is 2.84. The molecule has 0 saturated heterocycles. The van der Waals surface area contributed by atoms with E-state index in [4.69, 9.17) is 0 Å². The molecule has 3 aromatic rings. The van der Waals surface area contributed by atoms with E-state index in [2.05, 4.69) is 31.0 Å². The summed E-state index contributed by atoms with van der Waals surface area (Å²) >= 11 is 1.51. The van der Waals surface area contributed by atoms with Crippen molar-refractivity contribution in [2.75, 3.05) is 0 Å². The molecule has 0 aliphatic carbocycles. The molecule has 122 valence electrons. The minimum atomic E-state index is -0.304.